The molecular formula is C11H17NO3. The second kappa shape index (κ2) is 5.68. The van der Waals surface area contributed by atoms with Crippen LogP contribution < -0.4 is 0 Å². The maximum atomic E-state index is 10.4. The van der Waals surface area contributed by atoms with Gasteiger partial charge in [-0.1, -0.05) is 0 Å². The summed E-state index contributed by atoms with van der Waals surface area (Å²) in [7, 11) is 1.95. The Labute approximate surface area is 89.5 Å². The molecule has 1 unspecified atom stereocenters. The van der Waals surface area contributed by atoms with E-state index in [0.717, 1.165) is 18.7 Å². The number of hydrogen-bond acceptors (Lipinski definition) is 4. The molecule has 0 saturated carbocycles. The average Bonchev–Trinajstić information content (AvgIpc) is 2.62. The zero-order valence-electron chi connectivity index (χ0n) is 9.14. The van der Waals surface area contributed by atoms with E-state index in [0.29, 0.717) is 18.6 Å². The van der Waals surface area contributed by atoms with Gasteiger partial charge in [-0.05, 0) is 32.5 Å². The van der Waals surface area contributed by atoms with E-state index in [-0.39, 0.29) is 6.10 Å². The first-order chi connectivity index (χ1) is 7.11. The molecule has 0 spiro atoms. The number of aldehydes is 1. The molecule has 0 aromatic carbocycles. The highest BCUT2D eigenvalue weighted by Crippen LogP contribution is 2.08. The molecule has 84 valence electrons. The Morgan fingerprint density at radius 2 is 2.33 bits per heavy atom. The topological polar surface area (TPSA) is 53.7 Å². The van der Waals surface area contributed by atoms with Crippen LogP contribution in [0, 0.1) is 0 Å². The predicted molar refractivity (Wildman–Crippen MR) is 56.7 cm³/mol. The van der Waals surface area contributed by atoms with Gasteiger partial charge in [-0.15, -0.1) is 0 Å². The van der Waals surface area contributed by atoms with Crippen molar-refractivity contribution in [2.75, 3.05) is 13.6 Å². The van der Waals surface area contributed by atoms with Gasteiger partial charge in [0, 0.05) is 6.54 Å². The van der Waals surface area contributed by atoms with Crippen LogP contribution in [0.5, 0.6) is 0 Å². The Hall–Kier alpha value is -1.13. The molecule has 4 nitrogen and oxygen atoms in total. The number of aliphatic hydroxyl groups excluding tert-OH is 1. The fourth-order valence-corrected chi connectivity index (χ4v) is 1.30. The highest BCUT2D eigenvalue weighted by molar-refractivity contribution is 5.70. The van der Waals surface area contributed by atoms with Crippen LogP contribution in [0.3, 0.4) is 0 Å². The van der Waals surface area contributed by atoms with E-state index in [1.807, 2.05) is 11.9 Å². The monoisotopic (exact) mass is 211 g/mol. The summed E-state index contributed by atoms with van der Waals surface area (Å²) in [5, 5.41) is 9.11. The lowest BCUT2D eigenvalue weighted by atomic mass is 10.2. The molecule has 4 heteroatoms. The zero-order chi connectivity index (χ0) is 11.3. The van der Waals surface area contributed by atoms with Gasteiger partial charge in [-0.3, -0.25) is 9.69 Å². The van der Waals surface area contributed by atoms with Crippen molar-refractivity contribution in [1.82, 2.24) is 4.90 Å². The van der Waals surface area contributed by atoms with Gasteiger partial charge in [0.25, 0.3) is 0 Å². The maximum Gasteiger partial charge on any atom is 0.185 e. The molecule has 1 aromatic heterocycles. The molecule has 0 bridgehead atoms. The Morgan fingerprint density at radius 3 is 2.87 bits per heavy atom. The molecule has 1 heterocycles. The first-order valence-corrected chi connectivity index (χ1v) is 5.02. The largest absolute Gasteiger partial charge is 0.457 e. The van der Waals surface area contributed by atoms with Crippen LogP contribution in [0.4, 0.5) is 0 Å². The number of carbonyl (C=O) groups excluding carboxylic acids is 1. The quantitative estimate of drug-likeness (QED) is 0.720. The minimum Gasteiger partial charge on any atom is -0.457 e. The highest BCUT2D eigenvalue weighted by atomic mass is 16.3. The Kier molecular flexibility index (Phi) is 4.52. The molecule has 0 aliphatic heterocycles. The van der Waals surface area contributed by atoms with E-state index in [1.165, 1.54) is 0 Å². The van der Waals surface area contributed by atoms with Gasteiger partial charge in [0.2, 0.25) is 0 Å². The summed E-state index contributed by atoms with van der Waals surface area (Å²) in [6.45, 7) is 3.22. The lowest BCUT2D eigenvalue weighted by Crippen LogP contribution is -2.21. The van der Waals surface area contributed by atoms with E-state index in [2.05, 4.69) is 0 Å². The molecule has 0 saturated heterocycles. The summed E-state index contributed by atoms with van der Waals surface area (Å²) >= 11 is 0. The van der Waals surface area contributed by atoms with Crippen LogP contribution in [0.2, 0.25) is 0 Å². The van der Waals surface area contributed by atoms with Crippen molar-refractivity contribution >= 4 is 6.29 Å². The van der Waals surface area contributed by atoms with Crippen LogP contribution in [-0.4, -0.2) is 36.0 Å². The molecule has 0 aliphatic carbocycles. The molecule has 0 fully saturated rings. The summed E-state index contributed by atoms with van der Waals surface area (Å²) in [5.74, 6) is 1.12. The number of aliphatic hydroxyl groups is 1. The van der Waals surface area contributed by atoms with E-state index in [4.69, 9.17) is 9.52 Å². The van der Waals surface area contributed by atoms with Crippen LogP contribution in [0.1, 0.15) is 29.7 Å². The van der Waals surface area contributed by atoms with E-state index in [1.54, 1.807) is 19.1 Å². The van der Waals surface area contributed by atoms with Crippen LogP contribution in [-0.2, 0) is 6.54 Å². The second-order valence-electron chi connectivity index (χ2n) is 3.80. The predicted octanol–water partition coefficient (Wildman–Crippen LogP) is 1.29. The lowest BCUT2D eigenvalue weighted by molar-refractivity contribution is 0.109. The SMILES string of the molecule is CC(O)CCN(C)Cc1ccc(C=O)o1. The molecule has 0 aliphatic rings. The molecule has 0 amide bonds. The van der Waals surface area contributed by atoms with Gasteiger partial charge >= 0.3 is 0 Å². The summed E-state index contributed by atoms with van der Waals surface area (Å²) in [5.41, 5.74) is 0. The normalized spacial score (nSPS) is 13.1. The molecular weight excluding hydrogens is 194 g/mol. The Morgan fingerprint density at radius 1 is 1.60 bits per heavy atom. The second-order valence-corrected chi connectivity index (χ2v) is 3.80. The van der Waals surface area contributed by atoms with E-state index < -0.39 is 0 Å². The Balaban J connectivity index is 2.37. The first kappa shape index (κ1) is 11.9. The van der Waals surface area contributed by atoms with Crippen molar-refractivity contribution in [1.29, 1.82) is 0 Å². The minimum atomic E-state index is -0.283. The zero-order valence-corrected chi connectivity index (χ0v) is 9.14. The first-order valence-electron chi connectivity index (χ1n) is 5.02. The van der Waals surface area contributed by atoms with Gasteiger partial charge < -0.3 is 9.52 Å². The number of hydrogen-bond donors (Lipinski definition) is 1. The number of rotatable bonds is 6. The van der Waals surface area contributed by atoms with Gasteiger partial charge in [0.15, 0.2) is 12.0 Å². The van der Waals surface area contributed by atoms with Gasteiger partial charge in [0.05, 0.1) is 12.6 Å². The maximum absolute atomic E-state index is 10.4. The third-order valence-electron chi connectivity index (χ3n) is 2.15. The van der Waals surface area contributed by atoms with Crippen molar-refractivity contribution in [3.05, 3.63) is 23.7 Å². The van der Waals surface area contributed by atoms with Crippen molar-refractivity contribution in [3.8, 4) is 0 Å². The van der Waals surface area contributed by atoms with Gasteiger partial charge in [-0.25, -0.2) is 0 Å². The lowest BCUT2D eigenvalue weighted by Gasteiger charge is -2.15. The minimum absolute atomic E-state index is 0.283. The van der Waals surface area contributed by atoms with E-state index in [9.17, 15) is 4.79 Å². The molecule has 15 heavy (non-hydrogen) atoms. The molecule has 1 aromatic rings. The van der Waals surface area contributed by atoms with Crippen LogP contribution in [0.25, 0.3) is 0 Å². The summed E-state index contributed by atoms with van der Waals surface area (Å²) in [6.07, 6.45) is 1.14. The van der Waals surface area contributed by atoms with Crippen molar-refractivity contribution in [2.45, 2.75) is 26.0 Å². The summed E-state index contributed by atoms with van der Waals surface area (Å²) in [6, 6.07) is 3.45. The van der Waals surface area contributed by atoms with Crippen LogP contribution >= 0.6 is 0 Å². The smallest absolute Gasteiger partial charge is 0.185 e. The summed E-state index contributed by atoms with van der Waals surface area (Å²) in [4.78, 5) is 12.4. The molecule has 0 radical (unpaired) electrons. The summed E-state index contributed by atoms with van der Waals surface area (Å²) < 4.78 is 5.24. The molecule has 1 N–H and O–H groups in total. The van der Waals surface area contributed by atoms with Crippen molar-refractivity contribution < 1.29 is 14.3 Å². The van der Waals surface area contributed by atoms with Crippen molar-refractivity contribution in [3.63, 3.8) is 0 Å². The van der Waals surface area contributed by atoms with E-state index >= 15 is 0 Å². The third-order valence-corrected chi connectivity index (χ3v) is 2.15. The number of carbonyl (C=O) groups is 1. The third kappa shape index (κ3) is 4.27. The fraction of sp³-hybridized carbons (Fsp3) is 0.545. The van der Waals surface area contributed by atoms with Gasteiger partial charge in [-0.2, -0.15) is 0 Å². The highest BCUT2D eigenvalue weighted by Gasteiger charge is 2.06. The number of furan rings is 1. The molecule has 1 rings (SSSR count). The standard InChI is InChI=1S/C11H17NO3/c1-9(14)5-6-12(2)7-10-3-4-11(8-13)15-10/h3-4,8-9,14H,5-7H2,1-2H3. The van der Waals surface area contributed by atoms with Gasteiger partial charge in [0.1, 0.15) is 5.76 Å². The van der Waals surface area contributed by atoms with Crippen molar-refractivity contribution in [2.24, 2.45) is 0 Å². The fourth-order valence-electron chi connectivity index (χ4n) is 1.30. The Bertz CT molecular complexity index is 307. The average molecular weight is 211 g/mol. The molecule has 1 atom stereocenters. The van der Waals surface area contributed by atoms with Crippen LogP contribution in [0.15, 0.2) is 16.5 Å². The number of nitrogens with zero attached hydrogens (tertiary/aromatic N) is 1.